The van der Waals surface area contributed by atoms with Crippen molar-refractivity contribution in [2.24, 2.45) is 5.92 Å². The lowest BCUT2D eigenvalue weighted by atomic mass is 9.92. The van der Waals surface area contributed by atoms with Crippen LogP contribution in [0.5, 0.6) is 5.75 Å². The lowest BCUT2D eigenvalue weighted by molar-refractivity contribution is -0.0194. The summed E-state index contributed by atoms with van der Waals surface area (Å²) in [6.45, 7) is 5.90. The highest BCUT2D eigenvalue weighted by Gasteiger charge is 2.22. The van der Waals surface area contributed by atoms with Crippen molar-refractivity contribution in [2.45, 2.75) is 45.6 Å². The van der Waals surface area contributed by atoms with Crippen LogP contribution in [0.25, 0.3) is 0 Å². The summed E-state index contributed by atoms with van der Waals surface area (Å²) in [4.78, 5) is 0. The zero-order chi connectivity index (χ0) is 12.8. The van der Waals surface area contributed by atoms with E-state index < -0.39 is 0 Å². The van der Waals surface area contributed by atoms with Crippen LogP contribution in [-0.4, -0.2) is 13.2 Å². The molecule has 0 aliphatic carbocycles. The predicted octanol–water partition coefficient (Wildman–Crippen LogP) is 4.35. The standard InChI is InChI=1S/C16H24O2/c1-3-5-13-6-11-16(18-12-13)14-7-9-15(10-8-14)17-4-2/h7-10,13,16H,3-6,11-12H2,1-2H3. The molecule has 18 heavy (non-hydrogen) atoms. The second kappa shape index (κ2) is 6.79. The molecule has 2 nitrogen and oxygen atoms in total. The van der Waals surface area contributed by atoms with E-state index in [2.05, 4.69) is 19.1 Å². The van der Waals surface area contributed by atoms with E-state index in [-0.39, 0.29) is 6.10 Å². The van der Waals surface area contributed by atoms with Gasteiger partial charge in [0.1, 0.15) is 5.75 Å². The van der Waals surface area contributed by atoms with Crippen LogP contribution in [-0.2, 0) is 4.74 Å². The Morgan fingerprint density at radius 1 is 1.17 bits per heavy atom. The summed E-state index contributed by atoms with van der Waals surface area (Å²) in [5.74, 6) is 1.72. The molecule has 0 amide bonds. The highest BCUT2D eigenvalue weighted by atomic mass is 16.5. The molecule has 0 aromatic heterocycles. The fraction of sp³-hybridized carbons (Fsp3) is 0.625. The Labute approximate surface area is 110 Å². The number of rotatable bonds is 5. The largest absolute Gasteiger partial charge is 0.494 e. The average molecular weight is 248 g/mol. The third-order valence-corrected chi connectivity index (χ3v) is 3.63. The molecule has 2 heteroatoms. The van der Waals surface area contributed by atoms with Crippen molar-refractivity contribution in [2.75, 3.05) is 13.2 Å². The van der Waals surface area contributed by atoms with Crippen LogP contribution in [0.3, 0.4) is 0 Å². The lowest BCUT2D eigenvalue weighted by Crippen LogP contribution is -2.20. The predicted molar refractivity (Wildman–Crippen MR) is 73.9 cm³/mol. The molecule has 1 aliphatic heterocycles. The van der Waals surface area contributed by atoms with E-state index in [1.54, 1.807) is 0 Å². The first-order valence-corrected chi connectivity index (χ1v) is 7.17. The first-order valence-electron chi connectivity index (χ1n) is 7.17. The molecule has 2 rings (SSSR count). The molecule has 1 heterocycles. The van der Waals surface area contributed by atoms with Gasteiger partial charge in [-0.25, -0.2) is 0 Å². The van der Waals surface area contributed by atoms with Gasteiger partial charge >= 0.3 is 0 Å². The van der Waals surface area contributed by atoms with E-state index in [1.165, 1.54) is 24.8 Å². The summed E-state index contributed by atoms with van der Waals surface area (Å²) in [7, 11) is 0. The van der Waals surface area contributed by atoms with Gasteiger partial charge in [-0.15, -0.1) is 0 Å². The average Bonchev–Trinajstić information content (AvgIpc) is 2.41. The molecule has 0 radical (unpaired) electrons. The van der Waals surface area contributed by atoms with Crippen molar-refractivity contribution in [1.29, 1.82) is 0 Å². The van der Waals surface area contributed by atoms with Crippen molar-refractivity contribution in [3.63, 3.8) is 0 Å². The molecule has 0 N–H and O–H groups in total. The third kappa shape index (κ3) is 3.49. The van der Waals surface area contributed by atoms with E-state index in [0.29, 0.717) is 0 Å². The molecule has 0 spiro atoms. The first kappa shape index (κ1) is 13.4. The number of hydrogen-bond donors (Lipinski definition) is 0. The van der Waals surface area contributed by atoms with Gasteiger partial charge in [-0.2, -0.15) is 0 Å². The van der Waals surface area contributed by atoms with E-state index in [9.17, 15) is 0 Å². The maximum absolute atomic E-state index is 5.99. The number of benzene rings is 1. The van der Waals surface area contributed by atoms with Gasteiger partial charge < -0.3 is 9.47 Å². The highest BCUT2D eigenvalue weighted by Crippen LogP contribution is 2.32. The fourth-order valence-electron chi connectivity index (χ4n) is 2.65. The van der Waals surface area contributed by atoms with Gasteiger partial charge in [0.05, 0.1) is 19.3 Å². The molecular formula is C16H24O2. The smallest absolute Gasteiger partial charge is 0.119 e. The van der Waals surface area contributed by atoms with Gasteiger partial charge in [0, 0.05) is 0 Å². The van der Waals surface area contributed by atoms with E-state index in [4.69, 9.17) is 9.47 Å². The van der Waals surface area contributed by atoms with Crippen LogP contribution in [0.1, 0.15) is 51.2 Å². The summed E-state index contributed by atoms with van der Waals surface area (Å²) in [6.07, 6.45) is 5.30. The van der Waals surface area contributed by atoms with Crippen LogP contribution in [0, 0.1) is 5.92 Å². The van der Waals surface area contributed by atoms with Gasteiger partial charge in [0.25, 0.3) is 0 Å². The molecule has 2 atom stereocenters. The van der Waals surface area contributed by atoms with E-state index >= 15 is 0 Å². The second-order valence-electron chi connectivity index (χ2n) is 5.06. The minimum Gasteiger partial charge on any atom is -0.494 e. The zero-order valence-electron chi connectivity index (χ0n) is 11.5. The van der Waals surface area contributed by atoms with Crippen molar-refractivity contribution in [3.8, 4) is 5.75 Å². The molecule has 0 bridgehead atoms. The molecular weight excluding hydrogens is 224 g/mol. The Kier molecular flexibility index (Phi) is 5.06. The molecule has 1 fully saturated rings. The Morgan fingerprint density at radius 3 is 2.50 bits per heavy atom. The maximum Gasteiger partial charge on any atom is 0.119 e. The number of hydrogen-bond acceptors (Lipinski definition) is 2. The van der Waals surface area contributed by atoms with Crippen molar-refractivity contribution in [1.82, 2.24) is 0 Å². The quantitative estimate of drug-likeness (QED) is 0.771. The SMILES string of the molecule is CCCC1CCC(c2ccc(OCC)cc2)OC1. The molecule has 2 unspecified atom stereocenters. The summed E-state index contributed by atoms with van der Waals surface area (Å²) in [5, 5.41) is 0. The number of ether oxygens (including phenoxy) is 2. The van der Waals surface area contributed by atoms with Crippen molar-refractivity contribution < 1.29 is 9.47 Å². The third-order valence-electron chi connectivity index (χ3n) is 3.63. The summed E-state index contributed by atoms with van der Waals surface area (Å²) in [6, 6.07) is 8.35. The van der Waals surface area contributed by atoms with Gasteiger partial charge in [0.15, 0.2) is 0 Å². The minimum absolute atomic E-state index is 0.286. The summed E-state index contributed by atoms with van der Waals surface area (Å²) < 4.78 is 11.4. The highest BCUT2D eigenvalue weighted by molar-refractivity contribution is 5.28. The van der Waals surface area contributed by atoms with Gasteiger partial charge in [-0.1, -0.05) is 25.5 Å². The molecule has 1 aromatic rings. The van der Waals surface area contributed by atoms with Crippen LogP contribution < -0.4 is 4.74 Å². The molecule has 100 valence electrons. The topological polar surface area (TPSA) is 18.5 Å². The van der Waals surface area contributed by atoms with Crippen LogP contribution >= 0.6 is 0 Å². The van der Waals surface area contributed by atoms with Crippen molar-refractivity contribution >= 4 is 0 Å². The normalized spacial score (nSPS) is 23.9. The van der Waals surface area contributed by atoms with Crippen LogP contribution in [0.4, 0.5) is 0 Å². The van der Waals surface area contributed by atoms with E-state index in [0.717, 1.165) is 31.3 Å². The second-order valence-corrected chi connectivity index (χ2v) is 5.06. The van der Waals surface area contributed by atoms with Gasteiger partial charge in [0.2, 0.25) is 0 Å². The molecule has 0 saturated carbocycles. The molecule has 1 saturated heterocycles. The summed E-state index contributed by atoms with van der Waals surface area (Å²) in [5.41, 5.74) is 1.29. The Balaban J connectivity index is 1.89. The Bertz CT molecular complexity index is 337. The molecule has 1 aromatic carbocycles. The van der Waals surface area contributed by atoms with Gasteiger partial charge in [-0.3, -0.25) is 0 Å². The molecule has 1 aliphatic rings. The Morgan fingerprint density at radius 2 is 1.94 bits per heavy atom. The van der Waals surface area contributed by atoms with Gasteiger partial charge in [-0.05, 0) is 49.8 Å². The monoisotopic (exact) mass is 248 g/mol. The van der Waals surface area contributed by atoms with Crippen LogP contribution in [0.2, 0.25) is 0 Å². The van der Waals surface area contributed by atoms with E-state index in [1.807, 2.05) is 19.1 Å². The Hall–Kier alpha value is -1.02. The zero-order valence-corrected chi connectivity index (χ0v) is 11.5. The van der Waals surface area contributed by atoms with Crippen molar-refractivity contribution in [3.05, 3.63) is 29.8 Å². The van der Waals surface area contributed by atoms with Crippen LogP contribution in [0.15, 0.2) is 24.3 Å². The first-order chi connectivity index (χ1) is 8.83. The lowest BCUT2D eigenvalue weighted by Gasteiger charge is -2.29. The fourth-order valence-corrected chi connectivity index (χ4v) is 2.65. The maximum atomic E-state index is 5.99. The summed E-state index contributed by atoms with van der Waals surface area (Å²) >= 11 is 0. The minimum atomic E-state index is 0.286.